The molecule has 0 saturated carbocycles. The van der Waals surface area contributed by atoms with Crippen molar-refractivity contribution >= 4 is 58.3 Å². The van der Waals surface area contributed by atoms with Gasteiger partial charge in [-0.2, -0.15) is 0 Å². The number of ether oxygens (including phenoxy) is 1. The molecule has 3 aromatic rings. The Labute approximate surface area is 245 Å². The number of pyridine rings is 1. The molecule has 7 rings (SSSR count). The molecule has 1 atom stereocenters. The van der Waals surface area contributed by atoms with E-state index in [2.05, 4.69) is 15.6 Å². The van der Waals surface area contributed by atoms with Gasteiger partial charge in [-0.05, 0) is 54.3 Å². The van der Waals surface area contributed by atoms with E-state index < -0.39 is 11.0 Å². The van der Waals surface area contributed by atoms with Crippen molar-refractivity contribution in [3.05, 3.63) is 87.0 Å². The summed E-state index contributed by atoms with van der Waals surface area (Å²) in [6, 6.07) is 14.5. The predicted molar refractivity (Wildman–Crippen MR) is 155 cm³/mol. The van der Waals surface area contributed by atoms with Crippen molar-refractivity contribution < 1.29 is 19.1 Å². The van der Waals surface area contributed by atoms with Gasteiger partial charge in [0.2, 0.25) is 11.8 Å². The minimum atomic E-state index is -1.01. The van der Waals surface area contributed by atoms with Crippen LogP contribution in [0, 0.1) is 0 Å². The first-order valence-electron chi connectivity index (χ1n) is 13.4. The van der Waals surface area contributed by atoms with Crippen LogP contribution in [0.1, 0.15) is 35.1 Å². The molecule has 1 saturated heterocycles. The number of carbonyl (C=O) groups is 3. The standard InChI is InChI=1S/C30H25Cl2N5O4/c31-21-4-1-5-22(32)24(21)26-36-30(8-11-41-12-9-30)28(40)37(26)16-23(38)34-19-7-6-17-14-29(15-18(17)13-19)20-3-2-10-33-25(20)35-27(29)39/h1-7,10,13H,8-9,11-12,14-16H2,(H,34,38)(H,33,35,39). The zero-order valence-electron chi connectivity index (χ0n) is 21.9. The van der Waals surface area contributed by atoms with Gasteiger partial charge >= 0.3 is 0 Å². The highest BCUT2D eigenvalue weighted by Crippen LogP contribution is 2.47. The maximum Gasteiger partial charge on any atom is 0.256 e. The summed E-state index contributed by atoms with van der Waals surface area (Å²) in [5, 5.41) is 6.53. The third-order valence-electron chi connectivity index (χ3n) is 8.49. The molecule has 4 aliphatic rings. The van der Waals surface area contributed by atoms with E-state index in [0.717, 1.165) is 16.7 Å². The van der Waals surface area contributed by atoms with Gasteiger partial charge in [0.05, 0.1) is 21.0 Å². The monoisotopic (exact) mass is 589 g/mol. The van der Waals surface area contributed by atoms with Crippen LogP contribution in [0.2, 0.25) is 10.0 Å². The van der Waals surface area contributed by atoms with Crippen LogP contribution in [-0.4, -0.2) is 58.7 Å². The maximum atomic E-state index is 13.8. The first-order valence-corrected chi connectivity index (χ1v) is 14.2. The van der Waals surface area contributed by atoms with E-state index in [1.807, 2.05) is 30.3 Å². The lowest BCUT2D eigenvalue weighted by atomic mass is 9.79. The summed E-state index contributed by atoms with van der Waals surface area (Å²) in [6.45, 7) is 0.534. The molecule has 9 nitrogen and oxygen atoms in total. The number of aliphatic imine (C=N–C) groups is 1. The van der Waals surface area contributed by atoms with Crippen LogP contribution in [0.25, 0.3) is 0 Å². The number of rotatable bonds is 4. The van der Waals surface area contributed by atoms with Gasteiger partial charge in [-0.15, -0.1) is 0 Å². The minimum Gasteiger partial charge on any atom is -0.381 e. The molecule has 0 bridgehead atoms. The number of aromatic nitrogens is 1. The van der Waals surface area contributed by atoms with Crippen molar-refractivity contribution in [3.63, 3.8) is 0 Å². The Morgan fingerprint density at radius 3 is 2.56 bits per heavy atom. The van der Waals surface area contributed by atoms with Crippen molar-refractivity contribution in [1.29, 1.82) is 0 Å². The van der Waals surface area contributed by atoms with Gasteiger partial charge in [0.25, 0.3) is 5.91 Å². The van der Waals surface area contributed by atoms with Crippen molar-refractivity contribution in [2.75, 3.05) is 30.4 Å². The molecule has 2 aromatic carbocycles. The third kappa shape index (κ3) is 4.14. The summed E-state index contributed by atoms with van der Waals surface area (Å²) in [5.41, 5.74) is 2.22. The summed E-state index contributed by atoms with van der Waals surface area (Å²) in [7, 11) is 0. The molecule has 0 radical (unpaired) electrons. The topological polar surface area (TPSA) is 113 Å². The molecular weight excluding hydrogens is 565 g/mol. The number of anilines is 2. The van der Waals surface area contributed by atoms with Gasteiger partial charge in [-0.25, -0.2) is 4.98 Å². The van der Waals surface area contributed by atoms with Gasteiger partial charge in [0.15, 0.2) is 0 Å². The molecule has 3 amide bonds. The molecule has 208 valence electrons. The summed E-state index contributed by atoms with van der Waals surface area (Å²) in [6.07, 6.45) is 3.56. The molecule has 2 spiro atoms. The number of hydrogen-bond donors (Lipinski definition) is 2. The van der Waals surface area contributed by atoms with Crippen LogP contribution < -0.4 is 10.6 Å². The third-order valence-corrected chi connectivity index (χ3v) is 9.12. The minimum absolute atomic E-state index is 0.0624. The Morgan fingerprint density at radius 2 is 1.78 bits per heavy atom. The molecule has 2 N–H and O–H groups in total. The van der Waals surface area contributed by atoms with Gasteiger partial charge in [0.1, 0.15) is 23.7 Å². The lowest BCUT2D eigenvalue weighted by Crippen LogP contribution is -2.48. The second-order valence-electron chi connectivity index (χ2n) is 10.9. The second-order valence-corrected chi connectivity index (χ2v) is 11.7. The second kappa shape index (κ2) is 9.65. The number of nitrogens with one attached hydrogen (secondary N) is 2. The number of fused-ring (bicyclic) bond motifs is 3. The number of halogens is 2. The number of benzene rings is 2. The molecule has 1 unspecified atom stereocenters. The zero-order valence-corrected chi connectivity index (χ0v) is 23.4. The Kier molecular flexibility index (Phi) is 6.15. The molecule has 1 fully saturated rings. The molecular formula is C30H25Cl2N5O4. The van der Waals surface area contributed by atoms with E-state index in [0.29, 0.717) is 66.0 Å². The average molecular weight is 590 g/mol. The van der Waals surface area contributed by atoms with E-state index in [4.69, 9.17) is 32.9 Å². The smallest absolute Gasteiger partial charge is 0.256 e. The fraction of sp³-hybridized carbons (Fsp3) is 0.300. The number of hydrogen-bond acceptors (Lipinski definition) is 6. The van der Waals surface area contributed by atoms with E-state index in [9.17, 15) is 14.4 Å². The Morgan fingerprint density at radius 1 is 1.02 bits per heavy atom. The number of carbonyl (C=O) groups excluding carboxylic acids is 3. The molecule has 3 aliphatic heterocycles. The fourth-order valence-electron chi connectivity index (χ4n) is 6.43. The number of nitrogens with zero attached hydrogens (tertiary/aromatic N) is 3. The molecule has 41 heavy (non-hydrogen) atoms. The van der Waals surface area contributed by atoms with Crippen LogP contribution in [0.4, 0.5) is 11.5 Å². The van der Waals surface area contributed by atoms with E-state index in [1.54, 1.807) is 24.4 Å². The lowest BCUT2D eigenvalue weighted by Gasteiger charge is -2.29. The van der Waals surface area contributed by atoms with E-state index >= 15 is 0 Å². The van der Waals surface area contributed by atoms with Gasteiger partial charge in [-0.3, -0.25) is 24.3 Å². The molecule has 1 aliphatic carbocycles. The van der Waals surface area contributed by atoms with Crippen LogP contribution in [0.3, 0.4) is 0 Å². The first-order chi connectivity index (χ1) is 19.8. The first kappa shape index (κ1) is 26.1. The molecule has 1 aromatic heterocycles. The summed E-state index contributed by atoms with van der Waals surface area (Å²) in [5.74, 6) is 0.176. The van der Waals surface area contributed by atoms with Crippen LogP contribution in [0.5, 0.6) is 0 Å². The molecule has 11 heteroatoms. The highest BCUT2D eigenvalue weighted by Gasteiger charge is 2.52. The predicted octanol–water partition coefficient (Wildman–Crippen LogP) is 4.15. The average Bonchev–Trinajstić information content (AvgIpc) is 3.55. The van der Waals surface area contributed by atoms with Crippen molar-refractivity contribution in [2.45, 2.75) is 36.6 Å². The van der Waals surface area contributed by atoms with Crippen LogP contribution >= 0.6 is 23.2 Å². The number of amidine groups is 1. The Bertz CT molecular complexity index is 1650. The van der Waals surface area contributed by atoms with E-state index in [1.165, 1.54) is 4.90 Å². The Balaban J connectivity index is 1.13. The summed E-state index contributed by atoms with van der Waals surface area (Å²) < 4.78 is 5.49. The van der Waals surface area contributed by atoms with E-state index in [-0.39, 0.29) is 30.1 Å². The quantitative estimate of drug-likeness (QED) is 0.474. The maximum absolute atomic E-state index is 13.8. The highest BCUT2D eigenvalue weighted by atomic mass is 35.5. The highest BCUT2D eigenvalue weighted by molar-refractivity contribution is 6.41. The summed E-state index contributed by atoms with van der Waals surface area (Å²) in [4.78, 5) is 50.7. The Hall–Kier alpha value is -3.79. The zero-order chi connectivity index (χ0) is 28.4. The lowest BCUT2D eigenvalue weighted by molar-refractivity contribution is -0.136. The number of amides is 3. The van der Waals surface area contributed by atoms with Crippen LogP contribution in [-0.2, 0) is 37.4 Å². The SMILES string of the molecule is O=C(CN1C(=O)C2(CCOCC2)N=C1c1c(Cl)cccc1Cl)Nc1ccc2c(c1)CC1(C2)C(=O)Nc2ncccc21. The molecule has 4 heterocycles. The summed E-state index contributed by atoms with van der Waals surface area (Å²) >= 11 is 13.0. The van der Waals surface area contributed by atoms with Crippen LogP contribution in [0.15, 0.2) is 59.7 Å². The van der Waals surface area contributed by atoms with Crippen molar-refractivity contribution in [3.8, 4) is 0 Å². The normalized spacial score (nSPS) is 22.1. The van der Waals surface area contributed by atoms with Gasteiger partial charge in [0, 0.05) is 43.5 Å². The largest absolute Gasteiger partial charge is 0.381 e. The van der Waals surface area contributed by atoms with Gasteiger partial charge < -0.3 is 15.4 Å². The van der Waals surface area contributed by atoms with Crippen molar-refractivity contribution in [1.82, 2.24) is 9.88 Å². The fourth-order valence-corrected chi connectivity index (χ4v) is 7.00. The van der Waals surface area contributed by atoms with Crippen molar-refractivity contribution in [2.24, 2.45) is 4.99 Å². The van der Waals surface area contributed by atoms with Gasteiger partial charge in [-0.1, -0.05) is 41.4 Å².